The monoisotopic (exact) mass is 500 g/mol. The molecule has 1 amide bonds. The van der Waals surface area contributed by atoms with Crippen LogP contribution in [0.4, 0.5) is 0 Å². The molecular weight excluding hydrogens is 468 g/mol. The second-order valence-electron chi connectivity index (χ2n) is 9.69. The van der Waals surface area contributed by atoms with Gasteiger partial charge in [0.1, 0.15) is 11.9 Å². The number of ketones is 1. The Morgan fingerprint density at radius 2 is 1.83 bits per heavy atom. The Kier molecular flexibility index (Phi) is 7.85. The number of halogens is 1. The molecule has 1 atom stereocenters. The molecule has 1 unspecified atom stereocenters. The van der Waals surface area contributed by atoms with Crippen molar-refractivity contribution < 1.29 is 19.1 Å². The van der Waals surface area contributed by atoms with Gasteiger partial charge in [0, 0.05) is 41.8 Å². The molecule has 1 fully saturated rings. The Morgan fingerprint density at radius 1 is 1.09 bits per heavy atom. The zero-order chi connectivity index (χ0) is 25.1. The van der Waals surface area contributed by atoms with Crippen LogP contribution in [0.2, 0.25) is 5.02 Å². The van der Waals surface area contributed by atoms with Crippen LogP contribution in [0.25, 0.3) is 0 Å². The van der Waals surface area contributed by atoms with Gasteiger partial charge in [0.25, 0.3) is 11.5 Å². The first-order chi connectivity index (χ1) is 16.7. The van der Waals surface area contributed by atoms with E-state index in [2.05, 4.69) is 10.3 Å². The van der Waals surface area contributed by atoms with E-state index in [1.807, 2.05) is 26.8 Å². The maximum Gasteiger partial charge on any atom is 0.253 e. The van der Waals surface area contributed by atoms with E-state index in [1.165, 1.54) is 0 Å². The van der Waals surface area contributed by atoms with E-state index in [1.54, 1.807) is 6.07 Å². The van der Waals surface area contributed by atoms with Gasteiger partial charge in [-0.05, 0) is 76.5 Å². The number of amides is 1. The summed E-state index contributed by atoms with van der Waals surface area (Å²) in [5, 5.41) is 3.18. The number of benzene rings is 1. The van der Waals surface area contributed by atoms with E-state index in [0.29, 0.717) is 58.4 Å². The summed E-state index contributed by atoms with van der Waals surface area (Å²) in [4.78, 5) is 40.1. The number of aromatic amines is 1. The van der Waals surface area contributed by atoms with Gasteiger partial charge < -0.3 is 19.8 Å². The van der Waals surface area contributed by atoms with Crippen molar-refractivity contribution in [3.63, 3.8) is 0 Å². The highest BCUT2D eigenvalue weighted by molar-refractivity contribution is 6.32. The Bertz CT molecular complexity index is 1180. The molecule has 0 bridgehead atoms. The van der Waals surface area contributed by atoms with Crippen molar-refractivity contribution in [1.82, 2.24) is 10.3 Å². The van der Waals surface area contributed by atoms with Gasteiger partial charge in [0.2, 0.25) is 0 Å². The normalized spacial score (nSPS) is 19.0. The maximum atomic E-state index is 13.2. The molecule has 35 heavy (non-hydrogen) atoms. The van der Waals surface area contributed by atoms with Gasteiger partial charge in [-0.15, -0.1) is 0 Å². The Morgan fingerprint density at radius 3 is 2.54 bits per heavy atom. The van der Waals surface area contributed by atoms with Crippen molar-refractivity contribution in [3.05, 3.63) is 55.5 Å². The number of rotatable bonds is 4. The minimum absolute atomic E-state index is 0.0644. The van der Waals surface area contributed by atoms with Crippen LogP contribution in [0.1, 0.15) is 77.7 Å². The number of fused-ring (bicyclic) bond motifs is 1. The van der Waals surface area contributed by atoms with Crippen LogP contribution in [-0.4, -0.2) is 29.4 Å². The van der Waals surface area contributed by atoms with Crippen molar-refractivity contribution in [1.29, 1.82) is 0 Å². The molecule has 4 rings (SSSR count). The maximum absolute atomic E-state index is 13.2. The van der Waals surface area contributed by atoms with Crippen LogP contribution >= 0.6 is 11.6 Å². The summed E-state index contributed by atoms with van der Waals surface area (Å²) in [5.41, 5.74) is 2.93. The number of H-pyrrole nitrogens is 1. The number of aryl methyl sites for hydroxylation is 2. The van der Waals surface area contributed by atoms with Crippen molar-refractivity contribution in [2.45, 2.75) is 78.4 Å². The predicted molar refractivity (Wildman–Crippen MR) is 135 cm³/mol. The lowest BCUT2D eigenvalue weighted by atomic mass is 9.83. The number of carbonyl (C=O) groups excluding carboxylic acids is 2. The summed E-state index contributed by atoms with van der Waals surface area (Å²) in [7, 11) is 0. The van der Waals surface area contributed by atoms with Gasteiger partial charge in [-0.25, -0.2) is 0 Å². The van der Waals surface area contributed by atoms with Crippen LogP contribution in [0.5, 0.6) is 11.5 Å². The van der Waals surface area contributed by atoms with Crippen LogP contribution in [0, 0.1) is 26.7 Å². The first kappa shape index (κ1) is 25.3. The highest BCUT2D eigenvalue weighted by Gasteiger charge is 2.31. The smallest absolute Gasteiger partial charge is 0.253 e. The van der Waals surface area contributed by atoms with Crippen LogP contribution in [0.15, 0.2) is 16.9 Å². The molecule has 1 aliphatic carbocycles. The lowest BCUT2D eigenvalue weighted by Gasteiger charge is -2.31. The number of nitrogens with one attached hydrogen (secondary N) is 2. The van der Waals surface area contributed by atoms with E-state index in [-0.39, 0.29) is 30.0 Å². The Labute approximate surface area is 210 Å². The number of pyridine rings is 1. The third-order valence-corrected chi connectivity index (χ3v) is 7.40. The summed E-state index contributed by atoms with van der Waals surface area (Å²) < 4.78 is 12.5. The molecule has 7 nitrogen and oxygen atoms in total. The molecule has 188 valence electrons. The second kappa shape index (κ2) is 10.9. The molecule has 2 N–H and O–H groups in total. The number of ether oxygens (including phenoxy) is 2. The van der Waals surface area contributed by atoms with E-state index in [0.717, 1.165) is 43.4 Å². The molecule has 1 aromatic carbocycles. The van der Waals surface area contributed by atoms with Gasteiger partial charge in [-0.1, -0.05) is 11.6 Å². The SMILES string of the molecule is Cc1cc(C)c(CNC(=O)c2cc(Cl)c3c(c2C)OC(C2CCC(=O)CC2)CCCCO3)c(=O)[nH]1. The molecule has 0 radical (unpaired) electrons. The molecule has 2 aromatic rings. The average molecular weight is 501 g/mol. The quantitative estimate of drug-likeness (QED) is 0.618. The highest BCUT2D eigenvalue weighted by Crippen LogP contribution is 2.43. The number of Topliss-reactive ketones (excluding diaryl/α,β-unsaturated/α-hetero) is 1. The lowest BCUT2D eigenvalue weighted by molar-refractivity contribution is -0.121. The largest absolute Gasteiger partial charge is 0.488 e. The molecule has 0 saturated heterocycles. The molecule has 1 saturated carbocycles. The molecule has 2 aliphatic rings. The van der Waals surface area contributed by atoms with Crippen molar-refractivity contribution in [2.75, 3.05) is 6.61 Å². The van der Waals surface area contributed by atoms with Crippen LogP contribution in [0.3, 0.4) is 0 Å². The highest BCUT2D eigenvalue weighted by atomic mass is 35.5. The standard InChI is InChI=1S/C27H33ClN2O5/c1-15-12-16(2)30-27(33)21(15)14-29-26(32)20-13-22(28)25-24(17(20)3)35-23(6-4-5-11-34-25)18-7-9-19(31)10-8-18/h12-13,18,23H,4-11,14H2,1-3H3,(H,29,32)(H,30,33). The first-order valence-corrected chi connectivity index (χ1v) is 12.7. The van der Waals surface area contributed by atoms with Gasteiger partial charge >= 0.3 is 0 Å². The summed E-state index contributed by atoms with van der Waals surface area (Å²) in [5.74, 6) is 1.22. The number of aromatic nitrogens is 1. The number of carbonyl (C=O) groups is 2. The minimum Gasteiger partial charge on any atom is -0.488 e. The average Bonchev–Trinajstić information content (AvgIpc) is 2.92. The van der Waals surface area contributed by atoms with E-state index in [9.17, 15) is 14.4 Å². The lowest BCUT2D eigenvalue weighted by Crippen LogP contribution is -2.31. The second-order valence-corrected chi connectivity index (χ2v) is 10.1. The van der Waals surface area contributed by atoms with E-state index < -0.39 is 0 Å². The summed E-state index contributed by atoms with van der Waals surface area (Å²) in [6.45, 7) is 6.13. The fourth-order valence-electron chi connectivity index (χ4n) is 5.08. The molecule has 8 heteroatoms. The zero-order valence-electron chi connectivity index (χ0n) is 20.6. The molecule has 1 aliphatic heterocycles. The van der Waals surface area contributed by atoms with Crippen LogP contribution < -0.4 is 20.3 Å². The Balaban J connectivity index is 1.61. The van der Waals surface area contributed by atoms with Gasteiger partial charge in [-0.3, -0.25) is 14.4 Å². The third-order valence-electron chi connectivity index (χ3n) is 7.12. The molecule has 0 spiro atoms. The fourth-order valence-corrected chi connectivity index (χ4v) is 5.33. The van der Waals surface area contributed by atoms with Crippen molar-refractivity contribution in [3.8, 4) is 11.5 Å². The minimum atomic E-state index is -0.338. The molecule has 1 aromatic heterocycles. The molecular formula is C27H33ClN2O5. The number of hydrogen-bond donors (Lipinski definition) is 2. The molecule has 2 heterocycles. The van der Waals surface area contributed by atoms with Crippen molar-refractivity contribution >= 4 is 23.3 Å². The summed E-state index contributed by atoms with van der Waals surface area (Å²) >= 11 is 6.60. The number of hydrogen-bond acceptors (Lipinski definition) is 5. The fraction of sp³-hybridized carbons (Fsp3) is 0.519. The van der Waals surface area contributed by atoms with E-state index in [4.69, 9.17) is 21.1 Å². The first-order valence-electron chi connectivity index (χ1n) is 12.4. The van der Waals surface area contributed by atoms with Gasteiger partial charge in [-0.2, -0.15) is 0 Å². The van der Waals surface area contributed by atoms with Crippen LogP contribution in [-0.2, 0) is 11.3 Å². The van der Waals surface area contributed by atoms with E-state index >= 15 is 0 Å². The topological polar surface area (TPSA) is 97.5 Å². The summed E-state index contributed by atoms with van der Waals surface area (Å²) in [6, 6.07) is 3.48. The Hall–Kier alpha value is -2.80. The van der Waals surface area contributed by atoms with Gasteiger partial charge in [0.15, 0.2) is 11.5 Å². The zero-order valence-corrected chi connectivity index (χ0v) is 21.3. The third kappa shape index (κ3) is 5.72. The van der Waals surface area contributed by atoms with Crippen molar-refractivity contribution in [2.24, 2.45) is 5.92 Å². The summed E-state index contributed by atoms with van der Waals surface area (Å²) in [6.07, 6.45) is 5.45. The predicted octanol–water partition coefficient (Wildman–Crippen LogP) is 4.95. The van der Waals surface area contributed by atoms with Gasteiger partial charge in [0.05, 0.1) is 11.6 Å².